The van der Waals surface area contributed by atoms with Gasteiger partial charge in [-0.25, -0.2) is 0 Å². The summed E-state index contributed by atoms with van der Waals surface area (Å²) in [6.07, 6.45) is 3.86. The molecule has 2 amide bonds. The summed E-state index contributed by atoms with van der Waals surface area (Å²) in [6.45, 7) is 7.46. The van der Waals surface area contributed by atoms with E-state index in [9.17, 15) is 9.59 Å². The Kier molecular flexibility index (Phi) is 6.26. The quantitative estimate of drug-likeness (QED) is 0.524. The van der Waals surface area contributed by atoms with Gasteiger partial charge in [-0.2, -0.15) is 0 Å². The standard InChI is InChI=1S/C22H25N3O3S2/c1-15(2)12-25-21(27)19(30-22(25)29)11-16-13-24(18-6-4-3-5-17(16)18)14-20(26)23-7-9-28-10-8-23/h3-6,11,13,15H,7-10,12,14H2,1-2H3/b19-11-. The first-order valence-electron chi connectivity index (χ1n) is 10.1. The maximum atomic E-state index is 12.9. The highest BCUT2D eigenvalue weighted by Gasteiger charge is 2.32. The zero-order valence-electron chi connectivity index (χ0n) is 17.2. The second-order valence-corrected chi connectivity index (χ2v) is 9.58. The number of carbonyl (C=O) groups excluding carboxylic acids is 2. The summed E-state index contributed by atoms with van der Waals surface area (Å²) >= 11 is 6.76. The topological polar surface area (TPSA) is 54.8 Å². The number of nitrogens with zero attached hydrogens (tertiary/aromatic N) is 3. The number of ether oxygens (including phenoxy) is 1. The van der Waals surface area contributed by atoms with Crippen LogP contribution in [0.3, 0.4) is 0 Å². The van der Waals surface area contributed by atoms with Crippen molar-refractivity contribution in [3.63, 3.8) is 0 Å². The van der Waals surface area contributed by atoms with Crippen LogP contribution in [0.2, 0.25) is 0 Å². The van der Waals surface area contributed by atoms with Crippen molar-refractivity contribution in [3.8, 4) is 0 Å². The van der Waals surface area contributed by atoms with E-state index in [1.165, 1.54) is 11.8 Å². The molecule has 2 saturated heterocycles. The number of rotatable bonds is 5. The van der Waals surface area contributed by atoms with E-state index < -0.39 is 0 Å². The van der Waals surface area contributed by atoms with Crippen molar-refractivity contribution in [3.05, 3.63) is 40.9 Å². The maximum absolute atomic E-state index is 12.9. The molecule has 2 aromatic rings. The lowest BCUT2D eigenvalue weighted by atomic mass is 10.1. The number of aromatic nitrogens is 1. The van der Waals surface area contributed by atoms with Crippen molar-refractivity contribution in [2.24, 2.45) is 5.92 Å². The molecule has 1 aromatic carbocycles. The second kappa shape index (κ2) is 8.91. The number of hydrogen-bond acceptors (Lipinski definition) is 5. The van der Waals surface area contributed by atoms with E-state index in [1.54, 1.807) is 4.90 Å². The van der Waals surface area contributed by atoms with Gasteiger partial charge in [0.1, 0.15) is 10.9 Å². The van der Waals surface area contributed by atoms with Crippen LogP contribution in [0.5, 0.6) is 0 Å². The minimum atomic E-state index is -0.0417. The summed E-state index contributed by atoms with van der Waals surface area (Å²) in [5.41, 5.74) is 1.90. The zero-order valence-corrected chi connectivity index (χ0v) is 18.8. The van der Waals surface area contributed by atoms with E-state index >= 15 is 0 Å². The van der Waals surface area contributed by atoms with E-state index in [2.05, 4.69) is 13.8 Å². The summed E-state index contributed by atoms with van der Waals surface area (Å²) in [5.74, 6) is 0.383. The highest BCUT2D eigenvalue weighted by molar-refractivity contribution is 8.26. The zero-order chi connectivity index (χ0) is 21.3. The number of benzene rings is 1. The molecule has 30 heavy (non-hydrogen) atoms. The number of para-hydroxylation sites is 1. The smallest absolute Gasteiger partial charge is 0.266 e. The van der Waals surface area contributed by atoms with Crippen LogP contribution in [0.4, 0.5) is 0 Å². The number of hydrogen-bond donors (Lipinski definition) is 0. The molecule has 0 radical (unpaired) electrons. The Morgan fingerprint density at radius 3 is 2.73 bits per heavy atom. The Morgan fingerprint density at radius 2 is 2.00 bits per heavy atom. The summed E-state index contributed by atoms with van der Waals surface area (Å²) < 4.78 is 7.91. The number of thioether (sulfide) groups is 1. The largest absolute Gasteiger partial charge is 0.378 e. The number of fused-ring (bicyclic) bond motifs is 1. The van der Waals surface area contributed by atoms with Gasteiger partial charge in [0.2, 0.25) is 5.91 Å². The molecule has 0 unspecified atom stereocenters. The van der Waals surface area contributed by atoms with Crippen molar-refractivity contribution >= 4 is 57.1 Å². The number of morpholine rings is 1. The average Bonchev–Trinajstić information content (AvgIpc) is 3.21. The summed E-state index contributed by atoms with van der Waals surface area (Å²) in [4.78, 5) is 29.8. The van der Waals surface area contributed by atoms with Crippen LogP contribution < -0.4 is 0 Å². The third-order valence-corrected chi connectivity index (χ3v) is 6.57. The number of amides is 2. The molecular formula is C22H25N3O3S2. The molecule has 3 heterocycles. The molecule has 0 spiro atoms. The molecular weight excluding hydrogens is 418 g/mol. The van der Waals surface area contributed by atoms with Crippen molar-refractivity contribution in [2.75, 3.05) is 32.8 Å². The van der Waals surface area contributed by atoms with Crippen LogP contribution in [0.25, 0.3) is 17.0 Å². The second-order valence-electron chi connectivity index (χ2n) is 7.91. The Balaban J connectivity index is 1.62. The molecule has 4 rings (SSSR count). The molecule has 0 saturated carbocycles. The van der Waals surface area contributed by atoms with E-state index in [1.807, 2.05) is 46.0 Å². The van der Waals surface area contributed by atoms with Gasteiger partial charge in [-0.3, -0.25) is 14.5 Å². The van der Waals surface area contributed by atoms with Crippen LogP contribution in [0.1, 0.15) is 19.4 Å². The van der Waals surface area contributed by atoms with Crippen molar-refractivity contribution in [2.45, 2.75) is 20.4 Å². The van der Waals surface area contributed by atoms with E-state index in [0.29, 0.717) is 48.0 Å². The van der Waals surface area contributed by atoms with Crippen molar-refractivity contribution in [1.29, 1.82) is 0 Å². The predicted octanol–water partition coefficient (Wildman–Crippen LogP) is 3.36. The Bertz CT molecular complexity index is 1020. The van der Waals surface area contributed by atoms with Gasteiger partial charge in [-0.05, 0) is 18.1 Å². The van der Waals surface area contributed by atoms with Gasteiger partial charge in [-0.15, -0.1) is 0 Å². The van der Waals surface area contributed by atoms with Crippen LogP contribution in [0, 0.1) is 5.92 Å². The third kappa shape index (κ3) is 4.31. The van der Waals surface area contributed by atoms with Gasteiger partial charge in [0.25, 0.3) is 5.91 Å². The van der Waals surface area contributed by atoms with Gasteiger partial charge < -0.3 is 14.2 Å². The first kappa shape index (κ1) is 21.1. The first-order chi connectivity index (χ1) is 14.4. The fourth-order valence-corrected chi connectivity index (χ4v) is 5.01. The minimum absolute atomic E-state index is 0.0417. The normalized spacial score (nSPS) is 19.0. The van der Waals surface area contributed by atoms with Crippen LogP contribution in [-0.2, 0) is 20.9 Å². The SMILES string of the molecule is CC(C)CN1C(=O)/C(=C/c2cn(CC(=O)N3CCOCC3)c3ccccc23)SC1=S. The molecule has 158 valence electrons. The Hall–Kier alpha value is -2.16. The molecule has 2 aliphatic rings. The molecule has 0 atom stereocenters. The molecule has 2 aliphatic heterocycles. The Morgan fingerprint density at radius 1 is 1.27 bits per heavy atom. The lowest BCUT2D eigenvalue weighted by molar-refractivity contribution is -0.135. The van der Waals surface area contributed by atoms with Crippen LogP contribution in [0.15, 0.2) is 35.4 Å². The van der Waals surface area contributed by atoms with Crippen molar-refractivity contribution in [1.82, 2.24) is 14.4 Å². The fourth-order valence-electron chi connectivity index (χ4n) is 3.74. The first-order valence-corrected chi connectivity index (χ1v) is 11.4. The van der Waals surface area contributed by atoms with Crippen molar-refractivity contribution < 1.29 is 14.3 Å². The van der Waals surface area contributed by atoms with E-state index in [0.717, 1.165) is 16.5 Å². The molecule has 6 nitrogen and oxygen atoms in total. The molecule has 1 aromatic heterocycles. The molecule has 0 aliphatic carbocycles. The monoisotopic (exact) mass is 443 g/mol. The minimum Gasteiger partial charge on any atom is -0.378 e. The predicted molar refractivity (Wildman–Crippen MR) is 124 cm³/mol. The molecule has 8 heteroatoms. The summed E-state index contributed by atoms with van der Waals surface area (Å²) in [6, 6.07) is 7.96. The van der Waals surface area contributed by atoms with Crippen LogP contribution in [-0.4, -0.2) is 63.3 Å². The van der Waals surface area contributed by atoms with E-state index in [-0.39, 0.29) is 18.4 Å². The third-order valence-electron chi connectivity index (χ3n) is 5.20. The van der Waals surface area contributed by atoms with Gasteiger partial charge in [0, 0.05) is 42.3 Å². The number of carbonyl (C=O) groups is 2. The lowest BCUT2D eigenvalue weighted by Gasteiger charge is -2.27. The molecule has 2 fully saturated rings. The van der Waals surface area contributed by atoms with Gasteiger partial charge >= 0.3 is 0 Å². The molecule has 0 N–H and O–H groups in total. The van der Waals surface area contributed by atoms with Crippen LogP contribution >= 0.6 is 24.0 Å². The van der Waals surface area contributed by atoms with Gasteiger partial charge in [-0.1, -0.05) is 56.0 Å². The van der Waals surface area contributed by atoms with E-state index in [4.69, 9.17) is 17.0 Å². The lowest BCUT2D eigenvalue weighted by Crippen LogP contribution is -2.42. The number of thiocarbonyl (C=S) groups is 1. The summed E-state index contributed by atoms with van der Waals surface area (Å²) in [5, 5.41) is 1.02. The Labute approximate surface area is 185 Å². The highest BCUT2D eigenvalue weighted by Crippen LogP contribution is 2.34. The fraction of sp³-hybridized carbons (Fsp3) is 0.409. The average molecular weight is 444 g/mol. The summed E-state index contributed by atoms with van der Waals surface area (Å²) in [7, 11) is 0. The highest BCUT2D eigenvalue weighted by atomic mass is 32.2. The van der Waals surface area contributed by atoms with Gasteiger partial charge in [0.15, 0.2) is 0 Å². The van der Waals surface area contributed by atoms with Gasteiger partial charge in [0.05, 0.1) is 18.1 Å². The maximum Gasteiger partial charge on any atom is 0.266 e. The molecule has 0 bridgehead atoms.